The zero-order valence-corrected chi connectivity index (χ0v) is 13.8. The van der Waals surface area contributed by atoms with Crippen LogP contribution in [-0.2, 0) is 0 Å². The lowest BCUT2D eigenvalue weighted by Gasteiger charge is -2.24. The molecule has 1 aromatic carbocycles. The summed E-state index contributed by atoms with van der Waals surface area (Å²) in [5.41, 5.74) is 2.07. The van der Waals surface area contributed by atoms with E-state index < -0.39 is 6.10 Å². The second kappa shape index (κ2) is 7.01. The van der Waals surface area contributed by atoms with Gasteiger partial charge in [0.15, 0.2) is 0 Å². The van der Waals surface area contributed by atoms with Gasteiger partial charge in [-0.2, -0.15) is 0 Å². The van der Waals surface area contributed by atoms with Gasteiger partial charge in [0.2, 0.25) is 0 Å². The molecule has 22 heavy (non-hydrogen) atoms. The average molecular weight is 306 g/mol. The van der Waals surface area contributed by atoms with E-state index >= 15 is 0 Å². The molecule has 2 rings (SSSR count). The third kappa shape index (κ3) is 4.13. The van der Waals surface area contributed by atoms with Gasteiger partial charge in [0.25, 0.3) is 0 Å². The third-order valence-electron chi connectivity index (χ3n) is 4.17. The number of benzene rings is 1. The van der Waals surface area contributed by atoms with Crippen molar-refractivity contribution in [3.8, 4) is 5.75 Å². The fraction of sp³-hybridized carbons (Fsp3) is 0.588. The van der Waals surface area contributed by atoms with Gasteiger partial charge in [0.1, 0.15) is 5.75 Å². The topological polar surface area (TPSA) is 61.8 Å². The predicted octanol–water partition coefficient (Wildman–Crippen LogP) is 2.48. The zero-order valence-electron chi connectivity index (χ0n) is 13.8. The molecule has 0 aliphatic heterocycles. The van der Waals surface area contributed by atoms with Crippen LogP contribution < -0.4 is 10.1 Å². The average Bonchev–Trinajstić information content (AvgIpc) is 3.31. The number of ether oxygens (including phenoxy) is 1. The fourth-order valence-corrected chi connectivity index (χ4v) is 2.56. The van der Waals surface area contributed by atoms with Crippen LogP contribution in [0.1, 0.15) is 36.9 Å². The SMILES string of the molecule is COc1ccc(C)cc1[C@H](C)NC(=O)N(C)C[C@@H](O)C1CC1. The summed E-state index contributed by atoms with van der Waals surface area (Å²) in [5.74, 6) is 1.13. The second-order valence-electron chi connectivity index (χ2n) is 6.20. The van der Waals surface area contributed by atoms with Gasteiger partial charge < -0.3 is 20.1 Å². The van der Waals surface area contributed by atoms with Crippen molar-refractivity contribution in [1.82, 2.24) is 10.2 Å². The van der Waals surface area contributed by atoms with Gasteiger partial charge in [-0.25, -0.2) is 4.79 Å². The van der Waals surface area contributed by atoms with E-state index in [9.17, 15) is 9.90 Å². The van der Waals surface area contributed by atoms with Crippen molar-refractivity contribution in [1.29, 1.82) is 0 Å². The molecule has 2 atom stereocenters. The monoisotopic (exact) mass is 306 g/mol. The normalized spacial score (nSPS) is 16.8. The van der Waals surface area contributed by atoms with Gasteiger partial charge in [-0.1, -0.05) is 17.7 Å². The predicted molar refractivity (Wildman–Crippen MR) is 86.0 cm³/mol. The Hall–Kier alpha value is -1.75. The Morgan fingerprint density at radius 2 is 2.18 bits per heavy atom. The van der Waals surface area contributed by atoms with Crippen molar-refractivity contribution in [2.75, 3.05) is 20.7 Å². The number of nitrogens with zero attached hydrogens (tertiary/aromatic N) is 1. The molecule has 0 radical (unpaired) electrons. The summed E-state index contributed by atoms with van der Waals surface area (Å²) in [5, 5.41) is 12.9. The number of aliphatic hydroxyl groups excluding tert-OH is 1. The van der Waals surface area contributed by atoms with Crippen LogP contribution in [0.3, 0.4) is 0 Å². The molecule has 0 bridgehead atoms. The van der Waals surface area contributed by atoms with Crippen LogP contribution >= 0.6 is 0 Å². The minimum Gasteiger partial charge on any atom is -0.496 e. The molecule has 0 heterocycles. The van der Waals surface area contributed by atoms with Crippen molar-refractivity contribution < 1.29 is 14.6 Å². The lowest BCUT2D eigenvalue weighted by molar-refractivity contribution is 0.112. The van der Waals surface area contributed by atoms with Gasteiger partial charge in [-0.3, -0.25) is 0 Å². The van der Waals surface area contributed by atoms with E-state index in [-0.39, 0.29) is 12.1 Å². The van der Waals surface area contributed by atoms with Crippen LogP contribution in [0.5, 0.6) is 5.75 Å². The van der Waals surface area contributed by atoms with Crippen LogP contribution in [0, 0.1) is 12.8 Å². The maximum atomic E-state index is 12.3. The molecule has 1 aliphatic rings. The van der Waals surface area contributed by atoms with Crippen LogP contribution in [0.15, 0.2) is 18.2 Å². The molecule has 0 spiro atoms. The first-order valence-corrected chi connectivity index (χ1v) is 7.76. The van der Waals surface area contributed by atoms with E-state index in [0.29, 0.717) is 12.5 Å². The number of amides is 2. The smallest absolute Gasteiger partial charge is 0.317 e. The fourth-order valence-electron chi connectivity index (χ4n) is 2.56. The highest BCUT2D eigenvalue weighted by Gasteiger charge is 2.31. The minimum atomic E-state index is -0.417. The Morgan fingerprint density at radius 1 is 1.50 bits per heavy atom. The van der Waals surface area contributed by atoms with Crippen LogP contribution in [0.2, 0.25) is 0 Å². The first-order chi connectivity index (χ1) is 10.4. The summed E-state index contributed by atoms with van der Waals surface area (Å²) in [6.07, 6.45) is 1.71. The number of nitrogens with one attached hydrogen (secondary N) is 1. The number of methoxy groups -OCH3 is 1. The summed E-state index contributed by atoms with van der Waals surface area (Å²) in [4.78, 5) is 13.8. The van der Waals surface area contributed by atoms with Crippen molar-refractivity contribution in [3.63, 3.8) is 0 Å². The van der Waals surface area contributed by atoms with E-state index in [0.717, 1.165) is 29.7 Å². The Kier molecular flexibility index (Phi) is 5.29. The van der Waals surface area contributed by atoms with Gasteiger partial charge >= 0.3 is 6.03 Å². The highest BCUT2D eigenvalue weighted by molar-refractivity contribution is 5.74. The number of aliphatic hydroxyl groups is 1. The maximum absolute atomic E-state index is 12.3. The Bertz CT molecular complexity index is 529. The van der Waals surface area contributed by atoms with Gasteiger partial charge in [0.05, 0.1) is 19.3 Å². The van der Waals surface area contributed by atoms with E-state index in [1.54, 1.807) is 19.1 Å². The molecule has 1 fully saturated rings. The molecule has 1 aromatic rings. The van der Waals surface area contributed by atoms with Gasteiger partial charge in [-0.15, -0.1) is 0 Å². The number of rotatable bonds is 6. The summed E-state index contributed by atoms with van der Waals surface area (Å²) >= 11 is 0. The van der Waals surface area contributed by atoms with Crippen LogP contribution in [0.25, 0.3) is 0 Å². The molecule has 0 aromatic heterocycles. The highest BCUT2D eigenvalue weighted by atomic mass is 16.5. The number of carbonyl (C=O) groups is 1. The first kappa shape index (κ1) is 16.6. The Balaban J connectivity index is 1.96. The zero-order chi connectivity index (χ0) is 16.3. The van der Waals surface area contributed by atoms with Gasteiger partial charge in [0, 0.05) is 19.2 Å². The Morgan fingerprint density at radius 3 is 2.77 bits per heavy atom. The molecule has 2 N–H and O–H groups in total. The number of carbonyl (C=O) groups excluding carboxylic acids is 1. The Labute approximate surface area is 132 Å². The molecular formula is C17H26N2O3. The molecule has 1 aliphatic carbocycles. The maximum Gasteiger partial charge on any atom is 0.317 e. The molecule has 0 saturated heterocycles. The van der Waals surface area contributed by atoms with Gasteiger partial charge in [-0.05, 0) is 38.7 Å². The molecule has 122 valence electrons. The molecule has 2 amide bonds. The lowest BCUT2D eigenvalue weighted by atomic mass is 10.0. The summed E-state index contributed by atoms with van der Waals surface area (Å²) in [7, 11) is 3.34. The van der Waals surface area contributed by atoms with Crippen molar-refractivity contribution >= 4 is 6.03 Å². The molecule has 5 nitrogen and oxygen atoms in total. The number of aryl methyl sites for hydroxylation is 1. The van der Waals surface area contributed by atoms with E-state index in [2.05, 4.69) is 5.32 Å². The second-order valence-corrected chi connectivity index (χ2v) is 6.20. The quantitative estimate of drug-likeness (QED) is 0.849. The number of hydrogen-bond donors (Lipinski definition) is 2. The van der Waals surface area contributed by atoms with E-state index in [4.69, 9.17) is 4.74 Å². The largest absolute Gasteiger partial charge is 0.496 e. The van der Waals surface area contributed by atoms with Crippen LogP contribution in [-0.4, -0.2) is 42.8 Å². The lowest BCUT2D eigenvalue weighted by Crippen LogP contribution is -2.42. The van der Waals surface area contributed by atoms with E-state index in [1.165, 1.54) is 0 Å². The highest BCUT2D eigenvalue weighted by Crippen LogP contribution is 2.32. The molecular weight excluding hydrogens is 280 g/mol. The number of likely N-dealkylation sites (N-methyl/N-ethyl adjacent to an activating group) is 1. The summed E-state index contributed by atoms with van der Waals surface area (Å²) in [6, 6.07) is 5.56. The molecule has 1 saturated carbocycles. The summed E-state index contributed by atoms with van der Waals surface area (Å²) < 4.78 is 5.36. The molecule has 5 heteroatoms. The first-order valence-electron chi connectivity index (χ1n) is 7.76. The van der Waals surface area contributed by atoms with Crippen molar-refractivity contribution in [2.45, 2.75) is 38.8 Å². The number of hydrogen-bond acceptors (Lipinski definition) is 3. The van der Waals surface area contributed by atoms with Crippen molar-refractivity contribution in [3.05, 3.63) is 29.3 Å². The molecule has 0 unspecified atom stereocenters. The summed E-state index contributed by atoms with van der Waals surface area (Å²) in [6.45, 7) is 4.31. The standard InChI is InChI=1S/C17H26N2O3/c1-11-5-8-16(22-4)14(9-11)12(2)18-17(21)19(3)10-15(20)13-6-7-13/h5,8-9,12-13,15,20H,6-7,10H2,1-4H3,(H,18,21)/t12-,15+/m0/s1. The third-order valence-corrected chi connectivity index (χ3v) is 4.17. The van der Waals surface area contributed by atoms with Crippen LogP contribution in [0.4, 0.5) is 4.79 Å². The number of urea groups is 1. The van der Waals surface area contributed by atoms with Crippen molar-refractivity contribution in [2.24, 2.45) is 5.92 Å². The van der Waals surface area contributed by atoms with E-state index in [1.807, 2.05) is 32.0 Å². The minimum absolute atomic E-state index is 0.164.